The second-order valence-electron chi connectivity index (χ2n) is 4.94. The van der Waals surface area contributed by atoms with Crippen LogP contribution in [0.2, 0.25) is 0 Å². The average molecular weight is 283 g/mol. The van der Waals surface area contributed by atoms with Crippen molar-refractivity contribution in [3.63, 3.8) is 0 Å². The number of amides is 1. The van der Waals surface area contributed by atoms with Crippen molar-refractivity contribution in [2.45, 2.75) is 13.0 Å². The van der Waals surface area contributed by atoms with Crippen LogP contribution in [0.1, 0.15) is 28.9 Å². The summed E-state index contributed by atoms with van der Waals surface area (Å²) in [4.78, 5) is 16.5. The van der Waals surface area contributed by atoms with Gasteiger partial charge in [-0.25, -0.2) is 0 Å². The third kappa shape index (κ3) is 2.81. The van der Waals surface area contributed by atoms with Crippen molar-refractivity contribution in [2.75, 3.05) is 18.5 Å². The molecule has 1 aromatic heterocycles. The molecule has 1 aliphatic heterocycles. The molecule has 108 valence electrons. The fourth-order valence-corrected chi connectivity index (χ4v) is 2.34. The highest BCUT2D eigenvalue weighted by molar-refractivity contribution is 5.99. The predicted molar refractivity (Wildman–Crippen MR) is 80.5 cm³/mol. The Kier molecular flexibility index (Phi) is 3.73. The van der Waals surface area contributed by atoms with Crippen molar-refractivity contribution in [3.05, 3.63) is 53.9 Å². The van der Waals surface area contributed by atoms with Crippen LogP contribution in [0.15, 0.2) is 42.7 Å². The molecule has 1 atom stereocenters. The van der Waals surface area contributed by atoms with E-state index in [4.69, 9.17) is 4.74 Å². The van der Waals surface area contributed by atoms with Crippen molar-refractivity contribution in [3.8, 4) is 5.75 Å². The molecule has 0 fully saturated rings. The van der Waals surface area contributed by atoms with Gasteiger partial charge in [0, 0.05) is 18.9 Å². The smallest absolute Gasteiger partial charge is 0.255 e. The molecule has 5 heteroatoms. The second kappa shape index (κ2) is 5.83. The maximum Gasteiger partial charge on any atom is 0.255 e. The van der Waals surface area contributed by atoms with Gasteiger partial charge in [0.2, 0.25) is 0 Å². The minimum Gasteiger partial charge on any atom is -0.489 e. The summed E-state index contributed by atoms with van der Waals surface area (Å²) < 4.78 is 5.63. The molecule has 5 nitrogen and oxygen atoms in total. The largest absolute Gasteiger partial charge is 0.489 e. The van der Waals surface area contributed by atoms with Gasteiger partial charge < -0.3 is 15.4 Å². The van der Waals surface area contributed by atoms with Gasteiger partial charge in [0.15, 0.2) is 5.75 Å². The molecule has 0 saturated carbocycles. The number of anilines is 1. The number of ether oxygens (including phenoxy) is 1. The number of hydrogen-bond acceptors (Lipinski definition) is 4. The normalized spacial score (nSPS) is 14.3. The Morgan fingerprint density at radius 3 is 3.10 bits per heavy atom. The standard InChI is InChI=1S/C16H17N3O2/c1-11(12-4-3-7-17-10-12)19-16(20)13-5-2-6-14-15(13)21-9-8-18-14/h2-7,10-11,18H,8-9H2,1H3,(H,19,20)/t11-/m1/s1. The fraction of sp³-hybridized carbons (Fsp3) is 0.250. The monoisotopic (exact) mass is 283 g/mol. The van der Waals surface area contributed by atoms with Crippen LogP contribution in [-0.4, -0.2) is 24.0 Å². The lowest BCUT2D eigenvalue weighted by Crippen LogP contribution is -2.28. The average Bonchev–Trinajstić information content (AvgIpc) is 2.55. The molecule has 3 rings (SSSR count). The second-order valence-corrected chi connectivity index (χ2v) is 4.94. The highest BCUT2D eigenvalue weighted by Gasteiger charge is 2.20. The molecule has 2 aromatic rings. The van der Waals surface area contributed by atoms with Gasteiger partial charge in [0.1, 0.15) is 6.61 Å². The van der Waals surface area contributed by atoms with E-state index in [1.54, 1.807) is 18.5 Å². The SMILES string of the molecule is C[C@@H](NC(=O)c1cccc2c1OCCN2)c1cccnc1. The summed E-state index contributed by atoms with van der Waals surface area (Å²) in [6.45, 7) is 3.25. The number of carbonyl (C=O) groups is 1. The van der Waals surface area contributed by atoms with E-state index in [1.165, 1.54) is 0 Å². The van der Waals surface area contributed by atoms with E-state index in [0.717, 1.165) is 17.8 Å². The summed E-state index contributed by atoms with van der Waals surface area (Å²) in [5.41, 5.74) is 2.38. The van der Waals surface area contributed by atoms with Crippen LogP contribution in [0, 0.1) is 0 Å². The van der Waals surface area contributed by atoms with Crippen molar-refractivity contribution < 1.29 is 9.53 Å². The van der Waals surface area contributed by atoms with Crippen LogP contribution in [-0.2, 0) is 0 Å². The van der Waals surface area contributed by atoms with Crippen LogP contribution >= 0.6 is 0 Å². The minimum absolute atomic E-state index is 0.112. The van der Waals surface area contributed by atoms with E-state index < -0.39 is 0 Å². The lowest BCUT2D eigenvalue weighted by atomic mass is 10.1. The molecule has 1 aromatic carbocycles. The van der Waals surface area contributed by atoms with E-state index in [2.05, 4.69) is 15.6 Å². The van der Waals surface area contributed by atoms with Crippen molar-refractivity contribution in [1.82, 2.24) is 10.3 Å². The molecule has 0 unspecified atom stereocenters. The maximum atomic E-state index is 12.5. The van der Waals surface area contributed by atoms with E-state index in [0.29, 0.717) is 17.9 Å². The molecule has 0 saturated heterocycles. The Balaban J connectivity index is 1.80. The molecule has 1 amide bonds. The summed E-state index contributed by atoms with van der Waals surface area (Å²) >= 11 is 0. The van der Waals surface area contributed by atoms with E-state index in [1.807, 2.05) is 31.2 Å². The Morgan fingerprint density at radius 1 is 1.38 bits per heavy atom. The van der Waals surface area contributed by atoms with E-state index in [-0.39, 0.29) is 11.9 Å². The number of pyridine rings is 1. The first-order valence-corrected chi connectivity index (χ1v) is 6.96. The summed E-state index contributed by atoms with van der Waals surface area (Å²) in [7, 11) is 0. The van der Waals surface area contributed by atoms with Crippen LogP contribution in [0.25, 0.3) is 0 Å². The molecule has 0 bridgehead atoms. The zero-order valence-corrected chi connectivity index (χ0v) is 11.8. The molecule has 21 heavy (non-hydrogen) atoms. The van der Waals surface area contributed by atoms with Gasteiger partial charge >= 0.3 is 0 Å². The third-order valence-corrected chi connectivity index (χ3v) is 3.46. The molecule has 2 heterocycles. The first-order valence-electron chi connectivity index (χ1n) is 6.96. The van der Waals surface area contributed by atoms with Gasteiger partial charge in [-0.3, -0.25) is 9.78 Å². The summed E-state index contributed by atoms with van der Waals surface area (Å²) in [5.74, 6) is 0.478. The summed E-state index contributed by atoms with van der Waals surface area (Å²) in [6.07, 6.45) is 3.47. The van der Waals surface area contributed by atoms with Gasteiger partial charge in [-0.05, 0) is 30.7 Å². The van der Waals surface area contributed by atoms with Crippen LogP contribution in [0.5, 0.6) is 5.75 Å². The number of hydrogen-bond donors (Lipinski definition) is 2. The topological polar surface area (TPSA) is 63.2 Å². The summed E-state index contributed by atoms with van der Waals surface area (Å²) in [6, 6.07) is 9.22. The Hall–Kier alpha value is -2.56. The van der Waals surface area contributed by atoms with Crippen LogP contribution < -0.4 is 15.4 Å². The minimum atomic E-state index is -0.146. The zero-order valence-electron chi connectivity index (χ0n) is 11.8. The maximum absolute atomic E-state index is 12.5. The van der Waals surface area contributed by atoms with Gasteiger partial charge in [-0.15, -0.1) is 0 Å². The number of fused-ring (bicyclic) bond motifs is 1. The molecule has 1 aliphatic rings. The Labute approximate surface area is 123 Å². The number of benzene rings is 1. The zero-order chi connectivity index (χ0) is 14.7. The quantitative estimate of drug-likeness (QED) is 0.908. The van der Waals surface area contributed by atoms with Crippen molar-refractivity contribution >= 4 is 11.6 Å². The first-order chi connectivity index (χ1) is 10.3. The van der Waals surface area contributed by atoms with Crippen LogP contribution in [0.4, 0.5) is 5.69 Å². The van der Waals surface area contributed by atoms with Crippen molar-refractivity contribution in [1.29, 1.82) is 0 Å². The number of carbonyl (C=O) groups excluding carboxylic acids is 1. The van der Waals surface area contributed by atoms with Gasteiger partial charge in [-0.2, -0.15) is 0 Å². The molecule has 0 spiro atoms. The molecule has 2 N–H and O–H groups in total. The highest BCUT2D eigenvalue weighted by atomic mass is 16.5. The lowest BCUT2D eigenvalue weighted by molar-refractivity contribution is 0.0935. The first kappa shape index (κ1) is 13.4. The Morgan fingerprint density at radius 2 is 2.29 bits per heavy atom. The number of nitrogens with one attached hydrogen (secondary N) is 2. The third-order valence-electron chi connectivity index (χ3n) is 3.46. The lowest BCUT2D eigenvalue weighted by Gasteiger charge is -2.22. The molecular formula is C16H17N3O2. The molecular weight excluding hydrogens is 266 g/mol. The predicted octanol–water partition coefficient (Wildman–Crippen LogP) is 2.38. The summed E-state index contributed by atoms with van der Waals surface area (Å²) in [5, 5.41) is 6.20. The van der Waals surface area contributed by atoms with Crippen LogP contribution in [0.3, 0.4) is 0 Å². The highest BCUT2D eigenvalue weighted by Crippen LogP contribution is 2.31. The Bertz CT molecular complexity index is 643. The molecule has 0 radical (unpaired) electrons. The van der Waals surface area contributed by atoms with Gasteiger partial charge in [0.25, 0.3) is 5.91 Å². The fourth-order valence-electron chi connectivity index (χ4n) is 2.34. The van der Waals surface area contributed by atoms with Gasteiger partial charge in [0.05, 0.1) is 17.3 Å². The number of aromatic nitrogens is 1. The number of nitrogens with zero attached hydrogens (tertiary/aromatic N) is 1. The van der Waals surface area contributed by atoms with Gasteiger partial charge in [-0.1, -0.05) is 12.1 Å². The molecule has 0 aliphatic carbocycles. The van der Waals surface area contributed by atoms with E-state index in [9.17, 15) is 4.79 Å². The number of para-hydroxylation sites is 1. The van der Waals surface area contributed by atoms with Crippen molar-refractivity contribution in [2.24, 2.45) is 0 Å². The number of rotatable bonds is 3. The van der Waals surface area contributed by atoms with E-state index >= 15 is 0 Å².